The molecule has 0 aliphatic carbocycles. The Balaban J connectivity index is 2.25. The van der Waals surface area contributed by atoms with E-state index in [0.717, 1.165) is 17.7 Å². The second-order valence-electron chi connectivity index (χ2n) is 4.19. The summed E-state index contributed by atoms with van der Waals surface area (Å²) in [5.41, 5.74) is 6.56. The highest BCUT2D eigenvalue weighted by atomic mass is 19.4. The van der Waals surface area contributed by atoms with Crippen LogP contribution in [-0.2, 0) is 6.18 Å². The van der Waals surface area contributed by atoms with E-state index in [1.165, 1.54) is 24.3 Å². The molecule has 0 radical (unpaired) electrons. The van der Waals surface area contributed by atoms with E-state index in [0.29, 0.717) is 5.56 Å². The first-order valence-electron chi connectivity index (χ1n) is 5.59. The largest absolute Gasteiger partial charge is 0.508 e. The molecule has 2 aromatic carbocycles. The molecule has 1 unspecified atom stereocenters. The number of rotatable bonds is 2. The first-order valence-corrected chi connectivity index (χ1v) is 5.59. The number of nitrogens with two attached hydrogens (primary N) is 1. The Morgan fingerprint density at radius 2 is 1.26 bits per heavy atom. The number of benzene rings is 2. The monoisotopic (exact) mass is 267 g/mol. The maximum Gasteiger partial charge on any atom is 0.416 e. The average Bonchev–Trinajstić information content (AvgIpc) is 2.38. The molecule has 2 nitrogen and oxygen atoms in total. The van der Waals surface area contributed by atoms with Crippen LogP contribution >= 0.6 is 0 Å². The fraction of sp³-hybridized carbons (Fsp3) is 0.143. The zero-order valence-corrected chi connectivity index (χ0v) is 9.85. The Kier molecular flexibility index (Phi) is 3.48. The van der Waals surface area contributed by atoms with Crippen LogP contribution in [0.25, 0.3) is 0 Å². The molecule has 0 aliphatic heterocycles. The van der Waals surface area contributed by atoms with Crippen LogP contribution in [0.1, 0.15) is 22.7 Å². The van der Waals surface area contributed by atoms with Gasteiger partial charge in [-0.15, -0.1) is 0 Å². The maximum atomic E-state index is 12.4. The first kappa shape index (κ1) is 13.4. The van der Waals surface area contributed by atoms with Crippen molar-refractivity contribution in [3.05, 3.63) is 65.2 Å². The zero-order valence-electron chi connectivity index (χ0n) is 9.85. The van der Waals surface area contributed by atoms with Gasteiger partial charge in [0.15, 0.2) is 0 Å². The Labute approximate surface area is 108 Å². The van der Waals surface area contributed by atoms with Gasteiger partial charge in [0.2, 0.25) is 0 Å². The smallest absolute Gasteiger partial charge is 0.416 e. The molecule has 0 amide bonds. The van der Waals surface area contributed by atoms with E-state index in [1.807, 2.05) is 0 Å². The number of phenols is 1. The molecular weight excluding hydrogens is 255 g/mol. The van der Waals surface area contributed by atoms with E-state index in [2.05, 4.69) is 0 Å². The van der Waals surface area contributed by atoms with Crippen LogP contribution in [0.4, 0.5) is 13.2 Å². The van der Waals surface area contributed by atoms with Crippen molar-refractivity contribution >= 4 is 0 Å². The van der Waals surface area contributed by atoms with Gasteiger partial charge < -0.3 is 10.8 Å². The Bertz CT molecular complexity index is 546. The minimum Gasteiger partial charge on any atom is -0.508 e. The third-order valence-corrected chi connectivity index (χ3v) is 2.85. The lowest BCUT2D eigenvalue weighted by Crippen LogP contribution is -2.12. The van der Waals surface area contributed by atoms with Crippen LogP contribution < -0.4 is 5.73 Å². The first-order chi connectivity index (χ1) is 8.88. The number of alkyl halides is 3. The van der Waals surface area contributed by atoms with Crippen molar-refractivity contribution in [2.24, 2.45) is 5.73 Å². The third-order valence-electron chi connectivity index (χ3n) is 2.85. The molecule has 100 valence electrons. The molecule has 0 saturated carbocycles. The van der Waals surface area contributed by atoms with Crippen molar-refractivity contribution < 1.29 is 18.3 Å². The normalized spacial score (nSPS) is 13.3. The highest BCUT2D eigenvalue weighted by molar-refractivity contribution is 5.36. The summed E-state index contributed by atoms with van der Waals surface area (Å²) in [7, 11) is 0. The lowest BCUT2D eigenvalue weighted by molar-refractivity contribution is -0.137. The van der Waals surface area contributed by atoms with Crippen molar-refractivity contribution in [2.45, 2.75) is 12.2 Å². The molecule has 0 heterocycles. The average molecular weight is 267 g/mol. The lowest BCUT2D eigenvalue weighted by atomic mass is 9.98. The number of aromatic hydroxyl groups is 1. The molecule has 0 aliphatic rings. The van der Waals surface area contributed by atoms with Crippen molar-refractivity contribution in [3.63, 3.8) is 0 Å². The molecule has 0 fully saturated rings. The standard InChI is InChI=1S/C14H12F3NO/c15-14(16,17)11-5-1-9(2-6-11)13(18)10-3-7-12(19)8-4-10/h1-8,13,19H,18H2. The second kappa shape index (κ2) is 4.93. The number of halogens is 3. The summed E-state index contributed by atoms with van der Waals surface area (Å²) in [6, 6.07) is 10.5. The Hall–Kier alpha value is -2.01. The number of phenolic OH excluding ortho intramolecular Hbond substituents is 1. The second-order valence-corrected chi connectivity index (χ2v) is 4.19. The maximum absolute atomic E-state index is 12.4. The van der Waals surface area contributed by atoms with Gasteiger partial charge in [0.1, 0.15) is 5.75 Å². The van der Waals surface area contributed by atoms with Gasteiger partial charge in [0.05, 0.1) is 11.6 Å². The fourth-order valence-corrected chi connectivity index (χ4v) is 1.75. The summed E-state index contributed by atoms with van der Waals surface area (Å²) in [6.45, 7) is 0. The lowest BCUT2D eigenvalue weighted by Gasteiger charge is -2.14. The van der Waals surface area contributed by atoms with Gasteiger partial charge in [-0.25, -0.2) is 0 Å². The summed E-state index contributed by atoms with van der Waals surface area (Å²) in [5.74, 6) is 0.114. The molecule has 0 spiro atoms. The molecule has 19 heavy (non-hydrogen) atoms. The van der Waals surface area contributed by atoms with Gasteiger partial charge in [0, 0.05) is 0 Å². The zero-order chi connectivity index (χ0) is 14.0. The molecule has 5 heteroatoms. The molecule has 1 atom stereocenters. The fourth-order valence-electron chi connectivity index (χ4n) is 1.75. The van der Waals surface area contributed by atoms with E-state index in [9.17, 15) is 13.2 Å². The van der Waals surface area contributed by atoms with Crippen molar-refractivity contribution in [1.82, 2.24) is 0 Å². The van der Waals surface area contributed by atoms with Gasteiger partial charge >= 0.3 is 6.18 Å². The predicted molar refractivity (Wildman–Crippen MR) is 65.6 cm³/mol. The van der Waals surface area contributed by atoms with Crippen LogP contribution in [0.15, 0.2) is 48.5 Å². The van der Waals surface area contributed by atoms with Crippen LogP contribution in [-0.4, -0.2) is 5.11 Å². The third kappa shape index (κ3) is 3.06. The van der Waals surface area contributed by atoms with Crippen molar-refractivity contribution in [3.8, 4) is 5.75 Å². The highest BCUT2D eigenvalue weighted by Crippen LogP contribution is 2.30. The van der Waals surface area contributed by atoms with Gasteiger partial charge in [0.25, 0.3) is 0 Å². The van der Waals surface area contributed by atoms with Gasteiger partial charge in [-0.3, -0.25) is 0 Å². The molecule has 2 aromatic rings. The Morgan fingerprint density at radius 1 is 0.842 bits per heavy atom. The van der Waals surface area contributed by atoms with Crippen LogP contribution in [0.3, 0.4) is 0 Å². The van der Waals surface area contributed by atoms with Gasteiger partial charge in [-0.05, 0) is 35.4 Å². The highest BCUT2D eigenvalue weighted by Gasteiger charge is 2.30. The van der Waals surface area contributed by atoms with Crippen LogP contribution in [0.5, 0.6) is 5.75 Å². The molecule has 0 saturated heterocycles. The summed E-state index contributed by atoms with van der Waals surface area (Å²) >= 11 is 0. The SMILES string of the molecule is NC(c1ccc(O)cc1)c1ccc(C(F)(F)F)cc1. The van der Waals surface area contributed by atoms with E-state index >= 15 is 0 Å². The van der Waals surface area contributed by atoms with Crippen molar-refractivity contribution in [1.29, 1.82) is 0 Å². The molecular formula is C14H12F3NO. The van der Waals surface area contributed by atoms with E-state index in [-0.39, 0.29) is 5.75 Å². The van der Waals surface area contributed by atoms with E-state index < -0.39 is 17.8 Å². The van der Waals surface area contributed by atoms with Gasteiger partial charge in [-0.1, -0.05) is 24.3 Å². The summed E-state index contributed by atoms with van der Waals surface area (Å²) in [6.07, 6.45) is -4.35. The molecule has 0 bridgehead atoms. The molecule has 0 aromatic heterocycles. The Morgan fingerprint density at radius 3 is 1.68 bits per heavy atom. The number of hydrogen-bond donors (Lipinski definition) is 2. The van der Waals surface area contributed by atoms with Gasteiger partial charge in [-0.2, -0.15) is 13.2 Å². The summed E-state index contributed by atoms with van der Waals surface area (Å²) in [4.78, 5) is 0. The van der Waals surface area contributed by atoms with Crippen LogP contribution in [0, 0.1) is 0 Å². The minimum absolute atomic E-state index is 0.114. The quantitative estimate of drug-likeness (QED) is 0.875. The topological polar surface area (TPSA) is 46.2 Å². The van der Waals surface area contributed by atoms with E-state index in [4.69, 9.17) is 10.8 Å². The molecule has 3 N–H and O–H groups in total. The summed E-state index contributed by atoms with van der Waals surface area (Å²) in [5, 5.41) is 9.17. The summed E-state index contributed by atoms with van der Waals surface area (Å²) < 4.78 is 37.3. The minimum atomic E-state index is -4.35. The van der Waals surface area contributed by atoms with E-state index in [1.54, 1.807) is 12.1 Å². The predicted octanol–water partition coefficient (Wildman–Crippen LogP) is 3.46. The van der Waals surface area contributed by atoms with Crippen LogP contribution in [0.2, 0.25) is 0 Å². The van der Waals surface area contributed by atoms with Crippen molar-refractivity contribution in [2.75, 3.05) is 0 Å². The molecule has 2 rings (SSSR count). The number of hydrogen-bond acceptors (Lipinski definition) is 2.